The first-order valence-corrected chi connectivity index (χ1v) is 11.4. The van der Waals surface area contributed by atoms with Gasteiger partial charge in [-0.1, -0.05) is 0 Å². The number of ether oxygens (including phenoxy) is 3. The Hall–Kier alpha value is -3.38. The topological polar surface area (TPSA) is 132 Å². The van der Waals surface area contributed by atoms with Gasteiger partial charge in [0.1, 0.15) is 5.76 Å². The van der Waals surface area contributed by atoms with E-state index < -0.39 is 11.8 Å². The highest BCUT2D eigenvalue weighted by atomic mass is 79.9. The molecule has 0 aliphatic carbocycles. The Bertz CT molecular complexity index is 1020. The molecule has 3 amide bonds. The molecule has 34 heavy (non-hydrogen) atoms. The Kier molecular flexibility index (Phi) is 9.47. The second-order valence-corrected chi connectivity index (χ2v) is 7.86. The van der Waals surface area contributed by atoms with Gasteiger partial charge in [-0.3, -0.25) is 14.4 Å². The lowest BCUT2D eigenvalue weighted by Gasteiger charge is -2.27. The number of hydrazone groups is 1. The molecule has 0 atom stereocenters. The zero-order chi connectivity index (χ0) is 24.3. The van der Waals surface area contributed by atoms with Gasteiger partial charge in [-0.15, -0.1) is 0 Å². The minimum absolute atomic E-state index is 0.0864. The molecule has 12 heteroatoms. The average molecular weight is 537 g/mol. The Morgan fingerprint density at radius 2 is 2.00 bits per heavy atom. The molecule has 182 valence electrons. The van der Waals surface area contributed by atoms with Crippen LogP contribution in [0, 0.1) is 0 Å². The fourth-order valence-electron chi connectivity index (χ4n) is 2.98. The van der Waals surface area contributed by atoms with Gasteiger partial charge < -0.3 is 28.8 Å². The third-order valence-electron chi connectivity index (χ3n) is 4.62. The summed E-state index contributed by atoms with van der Waals surface area (Å²) in [5.74, 6) is -0.618. The molecular formula is C22H25BrN4O7. The first-order chi connectivity index (χ1) is 16.5. The van der Waals surface area contributed by atoms with E-state index in [1.54, 1.807) is 29.2 Å². The van der Waals surface area contributed by atoms with Gasteiger partial charge >= 0.3 is 11.8 Å². The Labute approximate surface area is 204 Å². The highest BCUT2D eigenvalue weighted by molar-refractivity contribution is 9.10. The van der Waals surface area contributed by atoms with Crippen LogP contribution in [0.1, 0.15) is 18.2 Å². The average Bonchev–Trinajstić information content (AvgIpc) is 3.36. The number of halogens is 1. The molecule has 1 saturated heterocycles. The van der Waals surface area contributed by atoms with Crippen LogP contribution in [0.3, 0.4) is 0 Å². The lowest BCUT2D eigenvalue weighted by Crippen LogP contribution is -2.43. The van der Waals surface area contributed by atoms with Gasteiger partial charge in [0, 0.05) is 13.1 Å². The van der Waals surface area contributed by atoms with E-state index in [0.29, 0.717) is 60.2 Å². The van der Waals surface area contributed by atoms with Crippen LogP contribution in [0.25, 0.3) is 0 Å². The molecule has 0 unspecified atom stereocenters. The van der Waals surface area contributed by atoms with E-state index in [1.165, 1.54) is 12.5 Å². The molecule has 1 fully saturated rings. The van der Waals surface area contributed by atoms with Gasteiger partial charge in [0.2, 0.25) is 0 Å². The van der Waals surface area contributed by atoms with E-state index in [-0.39, 0.29) is 19.1 Å². The van der Waals surface area contributed by atoms with Crippen LogP contribution in [-0.4, -0.2) is 68.4 Å². The summed E-state index contributed by atoms with van der Waals surface area (Å²) < 4.78 is 22.3. The first kappa shape index (κ1) is 25.2. The van der Waals surface area contributed by atoms with E-state index in [0.717, 1.165) is 0 Å². The number of rotatable bonds is 9. The monoisotopic (exact) mass is 536 g/mol. The lowest BCUT2D eigenvalue weighted by molar-refractivity contribution is -0.139. The minimum atomic E-state index is -0.923. The maximum atomic E-state index is 12.4. The second-order valence-electron chi connectivity index (χ2n) is 7.01. The summed E-state index contributed by atoms with van der Waals surface area (Å²) in [6.07, 6.45) is 2.83. The fourth-order valence-corrected chi connectivity index (χ4v) is 3.55. The summed E-state index contributed by atoms with van der Waals surface area (Å²) in [6.45, 7) is 4.21. The number of hydrogen-bond acceptors (Lipinski definition) is 8. The van der Waals surface area contributed by atoms with Crippen LogP contribution in [0.2, 0.25) is 0 Å². The smallest absolute Gasteiger partial charge is 0.329 e. The standard InChI is InChI=1S/C22H25BrN4O7/c1-2-32-18-11-15(12-25-26-22(30)21(29)24-13-16-4-3-7-33-16)10-17(23)20(18)34-14-19(28)27-5-8-31-9-6-27/h3-4,7,10-12H,2,5-6,8-9,13-14H2,1H3,(H,24,29)(H,26,30)/b25-12-. The van der Waals surface area contributed by atoms with E-state index >= 15 is 0 Å². The van der Waals surface area contributed by atoms with Crippen LogP contribution in [0.5, 0.6) is 11.5 Å². The quantitative estimate of drug-likeness (QED) is 0.281. The van der Waals surface area contributed by atoms with Crippen LogP contribution < -0.4 is 20.2 Å². The Morgan fingerprint density at radius 3 is 2.71 bits per heavy atom. The van der Waals surface area contributed by atoms with Crippen molar-refractivity contribution in [3.8, 4) is 11.5 Å². The maximum absolute atomic E-state index is 12.4. The van der Waals surface area contributed by atoms with Crippen molar-refractivity contribution in [2.24, 2.45) is 5.10 Å². The molecule has 0 saturated carbocycles. The zero-order valence-electron chi connectivity index (χ0n) is 18.5. The highest BCUT2D eigenvalue weighted by Crippen LogP contribution is 2.36. The van der Waals surface area contributed by atoms with Gasteiger partial charge in [-0.25, -0.2) is 5.43 Å². The zero-order valence-corrected chi connectivity index (χ0v) is 20.1. The molecule has 0 spiro atoms. The summed E-state index contributed by atoms with van der Waals surface area (Å²) in [5.41, 5.74) is 2.73. The van der Waals surface area contributed by atoms with Crippen molar-refractivity contribution in [2.75, 3.05) is 39.5 Å². The summed E-state index contributed by atoms with van der Waals surface area (Å²) in [4.78, 5) is 37.8. The molecule has 1 aromatic carbocycles. The van der Waals surface area contributed by atoms with Crippen molar-refractivity contribution in [1.29, 1.82) is 0 Å². The van der Waals surface area contributed by atoms with Gasteiger partial charge in [0.05, 0.1) is 43.3 Å². The number of morpholine rings is 1. The molecule has 1 aliphatic heterocycles. The lowest BCUT2D eigenvalue weighted by atomic mass is 10.2. The van der Waals surface area contributed by atoms with Crippen LogP contribution in [0.15, 0.2) is 44.5 Å². The third-order valence-corrected chi connectivity index (χ3v) is 5.21. The summed E-state index contributed by atoms with van der Waals surface area (Å²) >= 11 is 3.43. The molecule has 11 nitrogen and oxygen atoms in total. The molecule has 1 aliphatic rings. The number of hydrogen-bond donors (Lipinski definition) is 2. The first-order valence-electron chi connectivity index (χ1n) is 10.6. The number of nitrogens with zero attached hydrogens (tertiary/aromatic N) is 2. The molecule has 2 N–H and O–H groups in total. The van der Waals surface area contributed by atoms with Crippen LogP contribution >= 0.6 is 15.9 Å². The predicted molar refractivity (Wildman–Crippen MR) is 124 cm³/mol. The number of nitrogens with one attached hydrogen (secondary N) is 2. The normalized spacial score (nSPS) is 13.5. The van der Waals surface area contributed by atoms with E-state index in [1.807, 2.05) is 6.92 Å². The molecule has 3 rings (SSSR count). The summed E-state index contributed by atoms with van der Waals surface area (Å²) in [6, 6.07) is 6.69. The van der Waals surface area contributed by atoms with E-state index in [2.05, 4.69) is 31.8 Å². The van der Waals surface area contributed by atoms with Crippen molar-refractivity contribution in [2.45, 2.75) is 13.5 Å². The molecule has 0 radical (unpaired) electrons. The van der Waals surface area contributed by atoms with Gasteiger partial charge in [-0.05, 0) is 52.7 Å². The Balaban J connectivity index is 1.57. The van der Waals surface area contributed by atoms with Crippen LogP contribution in [0.4, 0.5) is 0 Å². The Morgan fingerprint density at radius 1 is 1.21 bits per heavy atom. The molecule has 2 aromatic rings. The van der Waals surface area contributed by atoms with Crippen molar-refractivity contribution < 1.29 is 33.0 Å². The number of carbonyl (C=O) groups excluding carboxylic acids is 3. The number of benzene rings is 1. The SMILES string of the molecule is CCOc1cc(/C=N\NC(=O)C(=O)NCc2ccco2)cc(Br)c1OCC(=O)N1CCOCC1. The number of furan rings is 1. The third kappa shape index (κ3) is 7.32. The maximum Gasteiger partial charge on any atom is 0.329 e. The van der Waals surface area contributed by atoms with Crippen molar-refractivity contribution in [3.63, 3.8) is 0 Å². The fraction of sp³-hybridized carbons (Fsp3) is 0.364. The van der Waals surface area contributed by atoms with Gasteiger partial charge in [0.15, 0.2) is 18.1 Å². The second kappa shape index (κ2) is 12.8. The number of carbonyl (C=O) groups is 3. The minimum Gasteiger partial charge on any atom is -0.490 e. The van der Waals surface area contributed by atoms with E-state index in [4.69, 9.17) is 18.6 Å². The van der Waals surface area contributed by atoms with Crippen molar-refractivity contribution >= 4 is 39.9 Å². The summed E-state index contributed by atoms with van der Waals surface area (Å²) in [7, 11) is 0. The predicted octanol–water partition coefficient (Wildman–Crippen LogP) is 1.44. The molecular weight excluding hydrogens is 512 g/mol. The van der Waals surface area contributed by atoms with Gasteiger partial charge in [-0.2, -0.15) is 5.10 Å². The number of amides is 3. The van der Waals surface area contributed by atoms with Crippen molar-refractivity contribution in [3.05, 3.63) is 46.3 Å². The molecule has 2 heterocycles. The van der Waals surface area contributed by atoms with Gasteiger partial charge in [0.25, 0.3) is 5.91 Å². The summed E-state index contributed by atoms with van der Waals surface area (Å²) in [5, 5.41) is 6.24. The molecule has 1 aromatic heterocycles. The largest absolute Gasteiger partial charge is 0.490 e. The van der Waals surface area contributed by atoms with Crippen LogP contribution in [-0.2, 0) is 25.7 Å². The highest BCUT2D eigenvalue weighted by Gasteiger charge is 2.19. The van der Waals surface area contributed by atoms with E-state index in [9.17, 15) is 14.4 Å². The van der Waals surface area contributed by atoms with Crippen molar-refractivity contribution in [1.82, 2.24) is 15.6 Å². The molecule has 0 bridgehead atoms.